The van der Waals surface area contributed by atoms with Gasteiger partial charge in [0.05, 0.1) is 13.2 Å². The summed E-state index contributed by atoms with van der Waals surface area (Å²) in [6, 6.07) is 74.0. The molecule has 0 spiro atoms. The number of benzene rings is 9. The molecule has 70 heavy (non-hydrogen) atoms. The topological polar surface area (TPSA) is 24.9 Å². The van der Waals surface area contributed by atoms with Gasteiger partial charge < -0.3 is 19.3 Å². The molecule has 0 aliphatic rings. The van der Waals surface area contributed by atoms with E-state index in [0.29, 0.717) is 13.2 Å². The SMILES string of the molecule is CCOc1ccccc1/C=C/c1ccc(N(c2ccc(-c3ccc(-c4ccc(N(c5ccc(/C=C/c6ccccc6OCC)cc5)c5ccc(C)cc5C)cc4)cc3)cc2)c2ccc(C)cc2C)cc1. The van der Waals surface area contributed by atoms with E-state index in [-0.39, 0.29) is 0 Å². The normalized spacial score (nSPS) is 11.3. The van der Waals surface area contributed by atoms with Crippen LogP contribution in [0.3, 0.4) is 0 Å². The van der Waals surface area contributed by atoms with Gasteiger partial charge in [0.25, 0.3) is 0 Å². The van der Waals surface area contributed by atoms with Crippen molar-refractivity contribution >= 4 is 58.4 Å². The van der Waals surface area contributed by atoms with Crippen LogP contribution in [0.2, 0.25) is 0 Å². The summed E-state index contributed by atoms with van der Waals surface area (Å²) in [6.45, 7) is 14.0. The third-order valence-corrected chi connectivity index (χ3v) is 12.6. The van der Waals surface area contributed by atoms with Gasteiger partial charge in [0.2, 0.25) is 0 Å². The Hall–Kier alpha value is -8.34. The Balaban J connectivity index is 0.937. The van der Waals surface area contributed by atoms with Crippen LogP contribution in [0.1, 0.15) is 58.4 Å². The molecule has 4 nitrogen and oxygen atoms in total. The molecule has 0 atom stereocenters. The molecule has 0 N–H and O–H groups in total. The zero-order chi connectivity index (χ0) is 48.4. The van der Waals surface area contributed by atoms with Crippen molar-refractivity contribution in [1.29, 1.82) is 0 Å². The van der Waals surface area contributed by atoms with Crippen molar-refractivity contribution in [2.45, 2.75) is 41.5 Å². The van der Waals surface area contributed by atoms with E-state index in [1.54, 1.807) is 0 Å². The highest BCUT2D eigenvalue weighted by molar-refractivity contribution is 5.84. The van der Waals surface area contributed by atoms with E-state index in [1.807, 2.05) is 50.2 Å². The summed E-state index contributed by atoms with van der Waals surface area (Å²) in [5.74, 6) is 1.79. The van der Waals surface area contributed by atoms with Crippen molar-refractivity contribution in [3.63, 3.8) is 0 Å². The van der Waals surface area contributed by atoms with Gasteiger partial charge in [0.1, 0.15) is 11.5 Å². The summed E-state index contributed by atoms with van der Waals surface area (Å²) in [4.78, 5) is 4.70. The van der Waals surface area contributed by atoms with Crippen LogP contribution in [0.15, 0.2) is 206 Å². The summed E-state index contributed by atoms with van der Waals surface area (Å²) in [7, 11) is 0. The third-order valence-electron chi connectivity index (χ3n) is 12.6. The Labute approximate surface area is 415 Å². The Bertz CT molecular complexity index is 3020. The smallest absolute Gasteiger partial charge is 0.126 e. The highest BCUT2D eigenvalue weighted by Gasteiger charge is 2.17. The van der Waals surface area contributed by atoms with Crippen LogP contribution in [-0.2, 0) is 0 Å². The van der Waals surface area contributed by atoms with E-state index < -0.39 is 0 Å². The summed E-state index contributed by atoms with van der Waals surface area (Å²) in [5, 5.41) is 0. The molecule has 4 heteroatoms. The van der Waals surface area contributed by atoms with E-state index in [4.69, 9.17) is 9.47 Å². The maximum atomic E-state index is 5.85. The van der Waals surface area contributed by atoms with Gasteiger partial charge in [0, 0.05) is 45.3 Å². The van der Waals surface area contributed by atoms with E-state index in [2.05, 4.69) is 232 Å². The highest BCUT2D eigenvalue weighted by atomic mass is 16.5. The first-order chi connectivity index (χ1) is 34.2. The summed E-state index contributed by atoms with van der Waals surface area (Å²) in [6.07, 6.45) is 8.53. The van der Waals surface area contributed by atoms with Gasteiger partial charge in [-0.15, -0.1) is 0 Å². The lowest BCUT2D eigenvalue weighted by Gasteiger charge is -2.27. The predicted octanol–water partition coefficient (Wildman–Crippen LogP) is 18.3. The molecule has 0 saturated heterocycles. The van der Waals surface area contributed by atoms with Crippen molar-refractivity contribution in [3.05, 3.63) is 251 Å². The van der Waals surface area contributed by atoms with Gasteiger partial charge >= 0.3 is 0 Å². The van der Waals surface area contributed by atoms with Crippen molar-refractivity contribution < 1.29 is 9.47 Å². The molecule has 0 aliphatic carbocycles. The first kappa shape index (κ1) is 46.8. The predicted molar refractivity (Wildman–Crippen MR) is 299 cm³/mol. The van der Waals surface area contributed by atoms with E-state index in [0.717, 1.165) is 67.9 Å². The third kappa shape index (κ3) is 10.8. The Morgan fingerprint density at radius 3 is 0.986 bits per heavy atom. The molecule has 9 aromatic carbocycles. The van der Waals surface area contributed by atoms with Crippen LogP contribution in [0.5, 0.6) is 11.5 Å². The second-order valence-corrected chi connectivity index (χ2v) is 17.7. The molecule has 0 fully saturated rings. The van der Waals surface area contributed by atoms with Crippen molar-refractivity contribution in [1.82, 2.24) is 0 Å². The van der Waals surface area contributed by atoms with E-state index in [1.165, 1.54) is 44.5 Å². The monoisotopic (exact) mass is 912 g/mol. The average molecular weight is 913 g/mol. The number of nitrogens with zero attached hydrogens (tertiary/aromatic N) is 2. The molecule has 0 saturated carbocycles. The van der Waals surface area contributed by atoms with E-state index in [9.17, 15) is 0 Å². The number of aryl methyl sites for hydroxylation is 4. The van der Waals surface area contributed by atoms with Gasteiger partial charge in [-0.05, 0) is 159 Å². The van der Waals surface area contributed by atoms with Crippen LogP contribution < -0.4 is 19.3 Å². The molecule has 0 aliphatic heterocycles. The maximum Gasteiger partial charge on any atom is 0.126 e. The molecule has 0 amide bonds. The molecule has 0 bridgehead atoms. The molecule has 0 heterocycles. The van der Waals surface area contributed by atoms with Crippen LogP contribution in [0.4, 0.5) is 34.1 Å². The number of rotatable bonds is 16. The lowest BCUT2D eigenvalue weighted by molar-refractivity contribution is 0.339. The van der Waals surface area contributed by atoms with Crippen molar-refractivity contribution in [2.24, 2.45) is 0 Å². The number of ether oxygens (including phenoxy) is 2. The lowest BCUT2D eigenvalue weighted by atomic mass is 9.99. The summed E-state index contributed by atoms with van der Waals surface area (Å²) < 4.78 is 11.7. The quantitative estimate of drug-likeness (QED) is 0.0902. The first-order valence-electron chi connectivity index (χ1n) is 24.3. The minimum atomic E-state index is 0.635. The lowest BCUT2D eigenvalue weighted by Crippen LogP contribution is -2.11. The van der Waals surface area contributed by atoms with Crippen LogP contribution in [0.25, 0.3) is 46.6 Å². The summed E-state index contributed by atoms with van der Waals surface area (Å²) in [5.41, 5.74) is 20.7. The number of hydrogen-bond donors (Lipinski definition) is 0. The molecular formula is C66H60N2O2. The van der Waals surface area contributed by atoms with Gasteiger partial charge in [-0.1, -0.05) is 169 Å². The highest BCUT2D eigenvalue weighted by Crippen LogP contribution is 2.40. The number of hydrogen-bond acceptors (Lipinski definition) is 4. The zero-order valence-electron chi connectivity index (χ0n) is 41.1. The molecule has 346 valence electrons. The maximum absolute atomic E-state index is 5.85. The molecule has 0 radical (unpaired) electrons. The second-order valence-electron chi connectivity index (χ2n) is 17.7. The molecule has 0 unspecified atom stereocenters. The first-order valence-corrected chi connectivity index (χ1v) is 24.3. The second kappa shape index (κ2) is 21.7. The fraction of sp³-hybridized carbons (Fsp3) is 0.121. The minimum Gasteiger partial charge on any atom is -0.493 e. The standard InChI is InChI=1S/C66H60N2O2/c1-7-69-65-15-11-9-13-57(65)25-19-51-21-35-59(36-22-51)67(63-43-17-47(3)45-49(63)5)61-39-31-55(32-40-61)53-27-29-54(30-28-53)56-33-41-62(42-34-56)68(64-44-18-48(4)46-50(64)6)60-37-23-52(24-38-60)20-26-58-14-10-12-16-66(58)70-8-2/h9-46H,7-8H2,1-6H3/b25-19+,26-20+. The number of para-hydroxylation sites is 2. The van der Waals surface area contributed by atoms with Gasteiger partial charge in [-0.3, -0.25) is 0 Å². The molecular weight excluding hydrogens is 853 g/mol. The van der Waals surface area contributed by atoms with Crippen LogP contribution in [-0.4, -0.2) is 13.2 Å². The Kier molecular flexibility index (Phi) is 14.5. The minimum absolute atomic E-state index is 0.635. The largest absolute Gasteiger partial charge is 0.493 e. The fourth-order valence-electron chi connectivity index (χ4n) is 9.08. The Morgan fingerprint density at radius 1 is 0.343 bits per heavy atom. The van der Waals surface area contributed by atoms with Crippen molar-refractivity contribution in [3.8, 4) is 33.8 Å². The molecule has 9 aromatic rings. The fourth-order valence-corrected chi connectivity index (χ4v) is 9.08. The van der Waals surface area contributed by atoms with Gasteiger partial charge in [0.15, 0.2) is 0 Å². The summed E-state index contributed by atoms with van der Waals surface area (Å²) >= 11 is 0. The van der Waals surface area contributed by atoms with E-state index >= 15 is 0 Å². The van der Waals surface area contributed by atoms with Crippen LogP contribution in [0, 0.1) is 27.7 Å². The number of anilines is 6. The Morgan fingerprint density at radius 2 is 0.657 bits per heavy atom. The van der Waals surface area contributed by atoms with Gasteiger partial charge in [-0.25, -0.2) is 0 Å². The van der Waals surface area contributed by atoms with Gasteiger partial charge in [-0.2, -0.15) is 0 Å². The van der Waals surface area contributed by atoms with Crippen LogP contribution >= 0.6 is 0 Å². The zero-order valence-corrected chi connectivity index (χ0v) is 41.1. The molecule has 9 rings (SSSR count). The van der Waals surface area contributed by atoms with Crippen molar-refractivity contribution in [2.75, 3.05) is 23.0 Å². The average Bonchev–Trinajstić information content (AvgIpc) is 3.38. The molecule has 0 aromatic heterocycles.